The number of halogens is 2. The van der Waals surface area contributed by atoms with Crippen LogP contribution in [0, 0.1) is 23.2 Å². The maximum Gasteiger partial charge on any atom is 0.111 e. The van der Waals surface area contributed by atoms with Crippen LogP contribution in [0.3, 0.4) is 0 Å². The molecule has 76 valence electrons. The molecular weight excluding hydrogens is 205 g/mol. The van der Waals surface area contributed by atoms with Gasteiger partial charge in [0.05, 0.1) is 6.07 Å². The van der Waals surface area contributed by atoms with Crippen LogP contribution in [-0.2, 0) is 0 Å². The summed E-state index contributed by atoms with van der Waals surface area (Å²) in [4.78, 5) is -0.411. The summed E-state index contributed by atoms with van der Waals surface area (Å²) < 4.78 is 0. The molecule has 0 aliphatic rings. The van der Waals surface area contributed by atoms with Crippen molar-refractivity contribution in [1.82, 2.24) is 0 Å². The molecule has 0 aromatic heterocycles. The minimum absolute atomic E-state index is 0.125. The van der Waals surface area contributed by atoms with Crippen molar-refractivity contribution < 1.29 is 0 Å². The Bertz CT molecular complexity index is 163. The molecule has 0 rings (SSSR count). The van der Waals surface area contributed by atoms with Gasteiger partial charge < -0.3 is 0 Å². The van der Waals surface area contributed by atoms with Crippen LogP contribution >= 0.6 is 23.2 Å². The third kappa shape index (κ3) is 5.39. The Balaban J connectivity index is 3.97. The smallest absolute Gasteiger partial charge is 0.111 e. The van der Waals surface area contributed by atoms with Gasteiger partial charge in [0, 0.05) is 12.3 Å². The molecule has 0 fully saturated rings. The van der Waals surface area contributed by atoms with Crippen molar-refractivity contribution in [2.75, 3.05) is 0 Å². The van der Waals surface area contributed by atoms with Gasteiger partial charge in [0.1, 0.15) is 4.84 Å². The zero-order valence-electron chi connectivity index (χ0n) is 8.26. The van der Waals surface area contributed by atoms with Gasteiger partial charge in [-0.05, 0) is 5.92 Å². The summed E-state index contributed by atoms with van der Waals surface area (Å²) in [6.07, 6.45) is 3.93. The number of rotatable bonds is 6. The van der Waals surface area contributed by atoms with Gasteiger partial charge in [-0.15, -0.1) is 23.2 Å². The summed E-state index contributed by atoms with van der Waals surface area (Å²) in [6.45, 7) is 4.28. The SMILES string of the molecule is CCCCC(C)C(CC#N)C(Cl)Cl. The quantitative estimate of drug-likeness (QED) is 0.619. The molecule has 0 radical (unpaired) electrons. The molecule has 0 heterocycles. The molecule has 2 unspecified atom stereocenters. The van der Waals surface area contributed by atoms with E-state index in [0.717, 1.165) is 6.42 Å². The van der Waals surface area contributed by atoms with Crippen LogP contribution in [0.25, 0.3) is 0 Å². The van der Waals surface area contributed by atoms with E-state index in [1.54, 1.807) is 0 Å². The van der Waals surface area contributed by atoms with Gasteiger partial charge in [-0.1, -0.05) is 33.1 Å². The Hall–Kier alpha value is 0.0700. The van der Waals surface area contributed by atoms with Crippen LogP contribution in [0.4, 0.5) is 0 Å². The van der Waals surface area contributed by atoms with Gasteiger partial charge in [0.25, 0.3) is 0 Å². The Morgan fingerprint density at radius 2 is 2.00 bits per heavy atom. The second-order valence-corrected chi connectivity index (χ2v) is 4.64. The molecule has 0 aromatic rings. The van der Waals surface area contributed by atoms with Crippen LogP contribution in [-0.4, -0.2) is 4.84 Å². The Labute approximate surface area is 91.0 Å². The van der Waals surface area contributed by atoms with Gasteiger partial charge in [-0.2, -0.15) is 5.26 Å². The van der Waals surface area contributed by atoms with Gasteiger partial charge in [-0.25, -0.2) is 0 Å². The largest absolute Gasteiger partial charge is 0.198 e. The molecule has 2 atom stereocenters. The third-order valence-corrected chi connectivity index (χ3v) is 3.04. The standard InChI is InChI=1S/C10H17Cl2N/c1-3-4-5-8(2)9(6-7-13)10(11)12/h8-10H,3-6H2,1-2H3. The first-order valence-corrected chi connectivity index (χ1v) is 5.65. The molecule has 0 N–H and O–H groups in total. The predicted octanol–water partition coefficient (Wildman–Crippen LogP) is 4.15. The normalized spacial score (nSPS) is 15.4. The number of nitriles is 1. The fourth-order valence-corrected chi connectivity index (χ4v) is 2.06. The molecular formula is C10H17Cl2N. The summed E-state index contributed by atoms with van der Waals surface area (Å²) in [5.41, 5.74) is 0. The Kier molecular flexibility index (Phi) is 7.51. The first-order chi connectivity index (χ1) is 6.13. The molecule has 0 aliphatic heterocycles. The van der Waals surface area contributed by atoms with Crippen LogP contribution in [0.2, 0.25) is 0 Å². The zero-order chi connectivity index (χ0) is 10.3. The summed E-state index contributed by atoms with van der Waals surface area (Å²) in [7, 11) is 0. The second kappa shape index (κ2) is 7.47. The number of unbranched alkanes of at least 4 members (excludes halogenated alkanes) is 1. The van der Waals surface area contributed by atoms with E-state index in [9.17, 15) is 0 Å². The van der Waals surface area contributed by atoms with Crippen LogP contribution in [0.1, 0.15) is 39.5 Å². The molecule has 3 heteroatoms. The predicted molar refractivity (Wildman–Crippen MR) is 57.9 cm³/mol. The van der Waals surface area contributed by atoms with E-state index in [0.29, 0.717) is 12.3 Å². The highest BCUT2D eigenvalue weighted by atomic mass is 35.5. The van der Waals surface area contributed by atoms with Crippen molar-refractivity contribution in [2.24, 2.45) is 11.8 Å². The molecule has 0 spiro atoms. The van der Waals surface area contributed by atoms with E-state index in [1.165, 1.54) is 12.8 Å². The highest BCUT2D eigenvalue weighted by molar-refractivity contribution is 6.44. The lowest BCUT2D eigenvalue weighted by molar-refractivity contribution is 0.352. The second-order valence-electron chi connectivity index (χ2n) is 3.48. The highest BCUT2D eigenvalue weighted by Gasteiger charge is 2.22. The molecule has 0 aliphatic carbocycles. The van der Waals surface area contributed by atoms with Crippen molar-refractivity contribution in [3.63, 3.8) is 0 Å². The molecule has 0 saturated carbocycles. The minimum Gasteiger partial charge on any atom is -0.198 e. The summed E-state index contributed by atoms with van der Waals surface area (Å²) >= 11 is 11.6. The summed E-state index contributed by atoms with van der Waals surface area (Å²) in [6, 6.07) is 2.14. The molecule has 13 heavy (non-hydrogen) atoms. The minimum atomic E-state index is -0.411. The lowest BCUT2D eigenvalue weighted by Crippen LogP contribution is -2.18. The maximum absolute atomic E-state index is 8.59. The average molecular weight is 222 g/mol. The fraction of sp³-hybridized carbons (Fsp3) is 0.900. The molecule has 0 saturated heterocycles. The molecule has 0 bridgehead atoms. The topological polar surface area (TPSA) is 23.8 Å². The number of hydrogen-bond acceptors (Lipinski definition) is 1. The van der Waals surface area contributed by atoms with E-state index in [1.807, 2.05) is 0 Å². The van der Waals surface area contributed by atoms with Gasteiger partial charge in [0.15, 0.2) is 0 Å². The lowest BCUT2D eigenvalue weighted by atomic mass is 9.89. The van der Waals surface area contributed by atoms with E-state index >= 15 is 0 Å². The van der Waals surface area contributed by atoms with Crippen molar-refractivity contribution >= 4 is 23.2 Å². The fourth-order valence-electron chi connectivity index (χ4n) is 1.38. The van der Waals surface area contributed by atoms with E-state index < -0.39 is 4.84 Å². The van der Waals surface area contributed by atoms with E-state index in [-0.39, 0.29) is 5.92 Å². The lowest BCUT2D eigenvalue weighted by Gasteiger charge is -2.22. The summed E-state index contributed by atoms with van der Waals surface area (Å²) in [5.74, 6) is 0.569. The molecule has 0 amide bonds. The van der Waals surface area contributed by atoms with Crippen molar-refractivity contribution in [1.29, 1.82) is 5.26 Å². The van der Waals surface area contributed by atoms with E-state index in [2.05, 4.69) is 19.9 Å². The monoisotopic (exact) mass is 221 g/mol. The van der Waals surface area contributed by atoms with E-state index in [4.69, 9.17) is 28.5 Å². The number of alkyl halides is 2. The van der Waals surface area contributed by atoms with Crippen molar-refractivity contribution in [3.8, 4) is 6.07 Å². The highest BCUT2D eigenvalue weighted by Crippen LogP contribution is 2.29. The average Bonchev–Trinajstić information content (AvgIpc) is 2.09. The number of hydrogen-bond donors (Lipinski definition) is 0. The molecule has 1 nitrogen and oxygen atoms in total. The Morgan fingerprint density at radius 3 is 2.38 bits per heavy atom. The number of nitrogens with zero attached hydrogens (tertiary/aromatic N) is 1. The van der Waals surface area contributed by atoms with Crippen LogP contribution in [0.5, 0.6) is 0 Å². The zero-order valence-corrected chi connectivity index (χ0v) is 9.78. The van der Waals surface area contributed by atoms with Gasteiger partial charge in [-0.3, -0.25) is 0 Å². The van der Waals surface area contributed by atoms with Crippen molar-refractivity contribution in [2.45, 2.75) is 44.4 Å². The van der Waals surface area contributed by atoms with Gasteiger partial charge >= 0.3 is 0 Å². The van der Waals surface area contributed by atoms with Crippen LogP contribution < -0.4 is 0 Å². The first kappa shape index (κ1) is 13.1. The van der Waals surface area contributed by atoms with Crippen molar-refractivity contribution in [3.05, 3.63) is 0 Å². The molecule has 0 aromatic carbocycles. The summed E-state index contributed by atoms with van der Waals surface area (Å²) in [5, 5.41) is 8.59. The third-order valence-electron chi connectivity index (χ3n) is 2.39. The van der Waals surface area contributed by atoms with Crippen LogP contribution in [0.15, 0.2) is 0 Å². The maximum atomic E-state index is 8.59. The Morgan fingerprint density at radius 1 is 1.38 bits per heavy atom. The first-order valence-electron chi connectivity index (χ1n) is 4.78. The van der Waals surface area contributed by atoms with Gasteiger partial charge in [0.2, 0.25) is 0 Å².